The molecule has 12 heavy (non-hydrogen) atoms. The summed E-state index contributed by atoms with van der Waals surface area (Å²) in [6.45, 7) is 9.67. The Hall–Kier alpha value is -0.790. The average Bonchev–Trinajstić information content (AvgIpc) is 2.06. The van der Waals surface area contributed by atoms with E-state index in [1.165, 1.54) is 7.11 Å². The van der Waals surface area contributed by atoms with E-state index >= 15 is 0 Å². The Morgan fingerprint density at radius 3 is 2.25 bits per heavy atom. The Balaban J connectivity index is 4.81. The Bertz CT molecular complexity index is 173. The molecule has 0 spiro atoms. The fourth-order valence-electron chi connectivity index (χ4n) is 1.44. The quantitative estimate of drug-likeness (QED) is 0.478. The van der Waals surface area contributed by atoms with Gasteiger partial charge in [-0.05, 0) is 12.3 Å². The number of hydrogen-bond donors (Lipinski definition) is 0. The van der Waals surface area contributed by atoms with Crippen molar-refractivity contribution in [1.82, 2.24) is 0 Å². The van der Waals surface area contributed by atoms with E-state index < -0.39 is 5.41 Å². The van der Waals surface area contributed by atoms with Crippen molar-refractivity contribution in [1.29, 1.82) is 0 Å². The third-order valence-electron chi connectivity index (χ3n) is 2.54. The number of esters is 1. The van der Waals surface area contributed by atoms with Crippen molar-refractivity contribution in [2.45, 2.75) is 27.2 Å². The summed E-state index contributed by atoms with van der Waals surface area (Å²) in [6, 6.07) is 0. The third kappa shape index (κ3) is 1.68. The molecule has 0 aliphatic rings. The molecule has 0 saturated carbocycles. The molecule has 70 valence electrons. The van der Waals surface area contributed by atoms with Gasteiger partial charge >= 0.3 is 5.97 Å². The fraction of sp³-hybridized carbons (Fsp3) is 0.700. The summed E-state index contributed by atoms with van der Waals surface area (Å²) >= 11 is 0. The first kappa shape index (κ1) is 11.2. The monoisotopic (exact) mass is 170 g/mol. The van der Waals surface area contributed by atoms with Gasteiger partial charge in [-0.2, -0.15) is 0 Å². The van der Waals surface area contributed by atoms with E-state index in [0.717, 1.165) is 6.42 Å². The van der Waals surface area contributed by atoms with E-state index in [-0.39, 0.29) is 11.9 Å². The summed E-state index contributed by atoms with van der Waals surface area (Å²) in [7, 11) is 1.42. The van der Waals surface area contributed by atoms with Gasteiger partial charge < -0.3 is 4.74 Å². The second kappa shape index (κ2) is 4.29. The zero-order valence-corrected chi connectivity index (χ0v) is 8.39. The molecular weight excluding hydrogens is 152 g/mol. The second-order valence-corrected chi connectivity index (χ2v) is 3.24. The zero-order valence-electron chi connectivity index (χ0n) is 8.39. The highest BCUT2D eigenvalue weighted by molar-refractivity contribution is 5.79. The second-order valence-electron chi connectivity index (χ2n) is 3.24. The van der Waals surface area contributed by atoms with Crippen LogP contribution in [-0.2, 0) is 9.53 Å². The first-order valence-electron chi connectivity index (χ1n) is 4.27. The lowest BCUT2D eigenvalue weighted by atomic mass is 9.75. The SMILES string of the molecule is C=C[C@@](CC)(C(=O)OC)C(C)C. The molecule has 0 amide bonds. The lowest BCUT2D eigenvalue weighted by Gasteiger charge is -2.30. The van der Waals surface area contributed by atoms with Crippen molar-refractivity contribution in [2.24, 2.45) is 11.3 Å². The molecule has 0 aromatic rings. The molecule has 0 N–H and O–H groups in total. The van der Waals surface area contributed by atoms with Crippen LogP contribution >= 0.6 is 0 Å². The Morgan fingerprint density at radius 2 is 2.17 bits per heavy atom. The highest BCUT2D eigenvalue weighted by Crippen LogP contribution is 2.33. The van der Waals surface area contributed by atoms with Gasteiger partial charge in [-0.1, -0.05) is 26.8 Å². The van der Waals surface area contributed by atoms with Crippen molar-refractivity contribution in [3.05, 3.63) is 12.7 Å². The van der Waals surface area contributed by atoms with E-state index in [0.29, 0.717) is 0 Å². The van der Waals surface area contributed by atoms with Gasteiger partial charge in [0.25, 0.3) is 0 Å². The standard InChI is InChI=1S/C10H18O2/c1-6-10(7-2,8(3)4)9(11)12-5/h6,8H,1,7H2,2-5H3/t10-/m0/s1. The van der Waals surface area contributed by atoms with Gasteiger partial charge in [0.1, 0.15) is 0 Å². The van der Waals surface area contributed by atoms with Crippen LogP contribution in [0, 0.1) is 11.3 Å². The number of methoxy groups -OCH3 is 1. The fourth-order valence-corrected chi connectivity index (χ4v) is 1.44. The molecule has 0 aromatic carbocycles. The molecule has 0 rings (SSSR count). The van der Waals surface area contributed by atoms with Gasteiger partial charge in [-0.3, -0.25) is 4.79 Å². The molecule has 0 saturated heterocycles. The van der Waals surface area contributed by atoms with Crippen LogP contribution < -0.4 is 0 Å². The van der Waals surface area contributed by atoms with Crippen LogP contribution in [0.3, 0.4) is 0 Å². The molecule has 0 aliphatic carbocycles. The maximum absolute atomic E-state index is 11.4. The average molecular weight is 170 g/mol. The Kier molecular flexibility index (Phi) is 4.01. The van der Waals surface area contributed by atoms with Crippen LogP contribution in [0.25, 0.3) is 0 Å². The molecular formula is C10H18O2. The van der Waals surface area contributed by atoms with E-state index in [9.17, 15) is 4.79 Å². The molecule has 0 aliphatic heterocycles. The Morgan fingerprint density at radius 1 is 1.67 bits per heavy atom. The molecule has 0 fully saturated rings. The molecule has 0 bridgehead atoms. The normalized spacial score (nSPS) is 15.4. The van der Waals surface area contributed by atoms with E-state index in [2.05, 4.69) is 6.58 Å². The lowest BCUT2D eigenvalue weighted by molar-refractivity contribution is -0.152. The minimum absolute atomic E-state index is 0.185. The van der Waals surface area contributed by atoms with Crippen molar-refractivity contribution in [3.63, 3.8) is 0 Å². The predicted octanol–water partition coefficient (Wildman–Crippen LogP) is 2.40. The molecule has 2 heteroatoms. The summed E-state index contributed by atoms with van der Waals surface area (Å²) in [4.78, 5) is 11.4. The van der Waals surface area contributed by atoms with Gasteiger partial charge in [-0.15, -0.1) is 6.58 Å². The molecule has 0 heterocycles. The Labute approximate surface area is 74.6 Å². The maximum Gasteiger partial charge on any atom is 0.315 e. The van der Waals surface area contributed by atoms with E-state index in [4.69, 9.17) is 4.74 Å². The number of carbonyl (C=O) groups excluding carboxylic acids is 1. The van der Waals surface area contributed by atoms with Crippen LogP contribution in [0.15, 0.2) is 12.7 Å². The van der Waals surface area contributed by atoms with Gasteiger partial charge in [0, 0.05) is 0 Å². The summed E-state index contributed by atoms with van der Waals surface area (Å²) in [5.41, 5.74) is -0.505. The number of carbonyl (C=O) groups is 1. The summed E-state index contributed by atoms with van der Waals surface area (Å²) in [6.07, 6.45) is 2.43. The summed E-state index contributed by atoms with van der Waals surface area (Å²) in [5, 5.41) is 0. The molecule has 1 atom stereocenters. The van der Waals surface area contributed by atoms with Crippen LogP contribution in [-0.4, -0.2) is 13.1 Å². The van der Waals surface area contributed by atoms with E-state index in [1.54, 1.807) is 6.08 Å². The smallest absolute Gasteiger partial charge is 0.315 e. The predicted molar refractivity (Wildman–Crippen MR) is 49.8 cm³/mol. The molecule has 2 nitrogen and oxygen atoms in total. The number of rotatable bonds is 4. The van der Waals surface area contributed by atoms with Crippen molar-refractivity contribution < 1.29 is 9.53 Å². The first-order valence-corrected chi connectivity index (χ1v) is 4.27. The minimum Gasteiger partial charge on any atom is -0.468 e. The van der Waals surface area contributed by atoms with Crippen molar-refractivity contribution in [3.8, 4) is 0 Å². The zero-order chi connectivity index (χ0) is 9.78. The minimum atomic E-state index is -0.505. The number of hydrogen-bond acceptors (Lipinski definition) is 2. The first-order chi connectivity index (χ1) is 5.55. The van der Waals surface area contributed by atoms with Crippen molar-refractivity contribution >= 4 is 5.97 Å². The molecule has 0 aromatic heterocycles. The van der Waals surface area contributed by atoms with Crippen molar-refractivity contribution in [2.75, 3.05) is 7.11 Å². The molecule has 0 unspecified atom stereocenters. The summed E-state index contributed by atoms with van der Waals surface area (Å²) < 4.78 is 4.75. The summed E-state index contributed by atoms with van der Waals surface area (Å²) in [5.74, 6) is 0.0439. The topological polar surface area (TPSA) is 26.3 Å². The third-order valence-corrected chi connectivity index (χ3v) is 2.54. The molecule has 0 radical (unpaired) electrons. The van der Waals surface area contributed by atoms with Crippen LogP contribution in [0.5, 0.6) is 0 Å². The largest absolute Gasteiger partial charge is 0.468 e. The van der Waals surface area contributed by atoms with Crippen LogP contribution in [0.4, 0.5) is 0 Å². The van der Waals surface area contributed by atoms with Crippen LogP contribution in [0.2, 0.25) is 0 Å². The van der Waals surface area contributed by atoms with Crippen LogP contribution in [0.1, 0.15) is 27.2 Å². The van der Waals surface area contributed by atoms with E-state index in [1.807, 2.05) is 20.8 Å². The van der Waals surface area contributed by atoms with Gasteiger partial charge in [0.2, 0.25) is 0 Å². The van der Waals surface area contributed by atoms with Gasteiger partial charge in [0.15, 0.2) is 0 Å². The van der Waals surface area contributed by atoms with Gasteiger partial charge in [0.05, 0.1) is 12.5 Å². The maximum atomic E-state index is 11.4. The van der Waals surface area contributed by atoms with Gasteiger partial charge in [-0.25, -0.2) is 0 Å². The lowest BCUT2D eigenvalue weighted by Crippen LogP contribution is -2.34. The highest BCUT2D eigenvalue weighted by atomic mass is 16.5. The highest BCUT2D eigenvalue weighted by Gasteiger charge is 2.37. The number of ether oxygens (including phenoxy) is 1.